The van der Waals surface area contributed by atoms with Crippen LogP contribution >= 0.6 is 0 Å². The SMILES string of the molecule is CCOc1cc(CC(N)CC(C)C)ccc1NC(=O)C1CCCCC1. The van der Waals surface area contributed by atoms with Crippen LogP contribution in [0.5, 0.6) is 5.75 Å². The van der Waals surface area contributed by atoms with Crippen LogP contribution in [0.3, 0.4) is 0 Å². The monoisotopic (exact) mass is 346 g/mol. The Morgan fingerprint density at radius 3 is 2.64 bits per heavy atom. The molecule has 0 heterocycles. The highest BCUT2D eigenvalue weighted by molar-refractivity contribution is 5.94. The molecule has 1 atom stereocenters. The quantitative estimate of drug-likeness (QED) is 0.727. The van der Waals surface area contributed by atoms with Crippen molar-refractivity contribution < 1.29 is 9.53 Å². The summed E-state index contributed by atoms with van der Waals surface area (Å²) in [5.41, 5.74) is 8.17. The van der Waals surface area contributed by atoms with Gasteiger partial charge in [-0.3, -0.25) is 4.79 Å². The fourth-order valence-electron chi connectivity index (χ4n) is 3.66. The predicted molar refractivity (Wildman–Crippen MR) is 104 cm³/mol. The van der Waals surface area contributed by atoms with Gasteiger partial charge < -0.3 is 15.8 Å². The van der Waals surface area contributed by atoms with E-state index in [1.54, 1.807) is 0 Å². The Labute approximate surface area is 152 Å². The Balaban J connectivity index is 2.05. The third-order valence-electron chi connectivity index (χ3n) is 4.85. The highest BCUT2D eigenvalue weighted by Gasteiger charge is 2.22. The van der Waals surface area contributed by atoms with E-state index in [-0.39, 0.29) is 17.9 Å². The van der Waals surface area contributed by atoms with Gasteiger partial charge in [0, 0.05) is 12.0 Å². The molecule has 1 aliphatic carbocycles. The van der Waals surface area contributed by atoms with Gasteiger partial charge in [-0.1, -0.05) is 39.2 Å². The van der Waals surface area contributed by atoms with Crippen LogP contribution in [0.2, 0.25) is 0 Å². The van der Waals surface area contributed by atoms with Gasteiger partial charge in [-0.15, -0.1) is 0 Å². The van der Waals surface area contributed by atoms with Crippen LogP contribution in [0, 0.1) is 11.8 Å². The van der Waals surface area contributed by atoms with Crippen molar-refractivity contribution in [1.82, 2.24) is 0 Å². The molecule has 1 fully saturated rings. The topological polar surface area (TPSA) is 64.3 Å². The summed E-state index contributed by atoms with van der Waals surface area (Å²) in [5, 5.41) is 3.08. The Kier molecular flexibility index (Phi) is 7.76. The molecule has 0 aliphatic heterocycles. The Bertz CT molecular complexity index is 551. The van der Waals surface area contributed by atoms with Crippen molar-refractivity contribution in [2.75, 3.05) is 11.9 Å². The second-order valence-corrected chi connectivity index (χ2v) is 7.68. The fraction of sp³-hybridized carbons (Fsp3) is 0.667. The molecule has 0 saturated heterocycles. The minimum atomic E-state index is 0.130. The molecule has 0 spiro atoms. The van der Waals surface area contributed by atoms with Crippen molar-refractivity contribution in [1.29, 1.82) is 0 Å². The number of hydrogen-bond acceptors (Lipinski definition) is 3. The number of nitrogens with one attached hydrogen (secondary N) is 1. The molecule has 4 heteroatoms. The molecule has 1 amide bonds. The molecule has 25 heavy (non-hydrogen) atoms. The number of rotatable bonds is 8. The number of nitrogens with two attached hydrogens (primary N) is 1. The second-order valence-electron chi connectivity index (χ2n) is 7.68. The summed E-state index contributed by atoms with van der Waals surface area (Å²) in [6.07, 6.45) is 7.39. The zero-order chi connectivity index (χ0) is 18.2. The van der Waals surface area contributed by atoms with E-state index in [1.165, 1.54) is 6.42 Å². The van der Waals surface area contributed by atoms with E-state index >= 15 is 0 Å². The molecule has 2 rings (SSSR count). The van der Waals surface area contributed by atoms with Gasteiger partial charge in [0.05, 0.1) is 12.3 Å². The van der Waals surface area contributed by atoms with Crippen LogP contribution in [0.15, 0.2) is 18.2 Å². The molecule has 140 valence electrons. The maximum atomic E-state index is 12.5. The highest BCUT2D eigenvalue weighted by atomic mass is 16.5. The Morgan fingerprint density at radius 1 is 1.28 bits per heavy atom. The van der Waals surface area contributed by atoms with Gasteiger partial charge in [0.2, 0.25) is 5.91 Å². The highest BCUT2D eigenvalue weighted by Crippen LogP contribution is 2.30. The molecule has 0 bridgehead atoms. The van der Waals surface area contributed by atoms with Crippen molar-refractivity contribution in [3.05, 3.63) is 23.8 Å². The van der Waals surface area contributed by atoms with E-state index in [9.17, 15) is 4.79 Å². The summed E-state index contributed by atoms with van der Waals surface area (Å²) in [5.74, 6) is 1.61. The van der Waals surface area contributed by atoms with E-state index in [0.717, 1.165) is 55.5 Å². The van der Waals surface area contributed by atoms with Gasteiger partial charge in [0.1, 0.15) is 5.75 Å². The Hall–Kier alpha value is -1.55. The zero-order valence-corrected chi connectivity index (χ0v) is 16.0. The number of benzene rings is 1. The molecule has 0 aromatic heterocycles. The van der Waals surface area contributed by atoms with Crippen molar-refractivity contribution in [2.45, 2.75) is 71.8 Å². The van der Waals surface area contributed by atoms with E-state index in [0.29, 0.717) is 12.5 Å². The summed E-state index contributed by atoms with van der Waals surface area (Å²) in [6.45, 7) is 6.92. The van der Waals surface area contributed by atoms with Gasteiger partial charge in [-0.2, -0.15) is 0 Å². The summed E-state index contributed by atoms with van der Waals surface area (Å²) >= 11 is 0. The average Bonchev–Trinajstić information content (AvgIpc) is 2.57. The molecular weight excluding hydrogens is 312 g/mol. The molecule has 1 aromatic carbocycles. The van der Waals surface area contributed by atoms with Crippen LogP contribution in [-0.4, -0.2) is 18.6 Å². The minimum Gasteiger partial charge on any atom is -0.492 e. The summed E-state index contributed by atoms with van der Waals surface area (Å²) in [4.78, 5) is 12.5. The normalized spacial score (nSPS) is 16.7. The summed E-state index contributed by atoms with van der Waals surface area (Å²) in [7, 11) is 0. The maximum absolute atomic E-state index is 12.5. The van der Waals surface area contributed by atoms with Gasteiger partial charge >= 0.3 is 0 Å². The van der Waals surface area contributed by atoms with E-state index < -0.39 is 0 Å². The van der Waals surface area contributed by atoms with E-state index in [4.69, 9.17) is 10.5 Å². The van der Waals surface area contributed by atoms with E-state index in [2.05, 4.69) is 25.2 Å². The first-order valence-corrected chi connectivity index (χ1v) is 9.81. The minimum absolute atomic E-state index is 0.130. The Morgan fingerprint density at radius 2 is 2.00 bits per heavy atom. The number of carbonyl (C=O) groups excluding carboxylic acids is 1. The van der Waals surface area contributed by atoms with Crippen molar-refractivity contribution in [3.63, 3.8) is 0 Å². The van der Waals surface area contributed by atoms with Gasteiger partial charge in [-0.05, 0) is 56.2 Å². The molecule has 1 aliphatic rings. The average molecular weight is 347 g/mol. The van der Waals surface area contributed by atoms with Crippen molar-refractivity contribution in [2.24, 2.45) is 17.6 Å². The lowest BCUT2D eigenvalue weighted by molar-refractivity contribution is -0.120. The van der Waals surface area contributed by atoms with Crippen molar-refractivity contribution in [3.8, 4) is 5.75 Å². The first-order valence-electron chi connectivity index (χ1n) is 9.81. The maximum Gasteiger partial charge on any atom is 0.227 e. The number of anilines is 1. The lowest BCUT2D eigenvalue weighted by Crippen LogP contribution is -2.25. The van der Waals surface area contributed by atoms with Crippen LogP contribution in [0.4, 0.5) is 5.69 Å². The lowest BCUT2D eigenvalue weighted by atomic mass is 9.88. The lowest BCUT2D eigenvalue weighted by Gasteiger charge is -2.22. The van der Waals surface area contributed by atoms with Crippen LogP contribution in [-0.2, 0) is 11.2 Å². The van der Waals surface area contributed by atoms with Gasteiger partial charge in [-0.25, -0.2) is 0 Å². The first-order chi connectivity index (χ1) is 12.0. The molecule has 0 radical (unpaired) electrons. The third kappa shape index (κ3) is 6.35. The number of amides is 1. The number of ether oxygens (including phenoxy) is 1. The molecular formula is C21H34N2O2. The molecule has 3 N–H and O–H groups in total. The first kappa shape index (κ1) is 19.8. The molecule has 1 unspecified atom stereocenters. The van der Waals surface area contributed by atoms with Gasteiger partial charge in [0.15, 0.2) is 0 Å². The standard InChI is InChI=1S/C21H34N2O2/c1-4-25-20-14-16(13-18(22)12-15(2)3)10-11-19(20)23-21(24)17-8-6-5-7-9-17/h10-11,14-15,17-18H,4-9,12-13,22H2,1-3H3,(H,23,24). The molecule has 1 saturated carbocycles. The van der Waals surface area contributed by atoms with E-state index in [1.807, 2.05) is 19.1 Å². The van der Waals surface area contributed by atoms with Gasteiger partial charge in [0.25, 0.3) is 0 Å². The van der Waals surface area contributed by atoms with Crippen LogP contribution in [0.1, 0.15) is 64.9 Å². The fourth-order valence-corrected chi connectivity index (χ4v) is 3.66. The second kappa shape index (κ2) is 9.81. The zero-order valence-electron chi connectivity index (χ0n) is 16.0. The van der Waals surface area contributed by atoms with Crippen LogP contribution < -0.4 is 15.8 Å². The number of carbonyl (C=O) groups is 1. The van der Waals surface area contributed by atoms with Crippen molar-refractivity contribution >= 4 is 11.6 Å². The summed E-state index contributed by atoms with van der Waals surface area (Å²) < 4.78 is 5.77. The number of hydrogen-bond donors (Lipinski definition) is 2. The smallest absolute Gasteiger partial charge is 0.227 e. The predicted octanol–water partition coefficient (Wildman–Crippen LogP) is 4.52. The molecule has 1 aromatic rings. The molecule has 4 nitrogen and oxygen atoms in total. The van der Waals surface area contributed by atoms with Crippen LogP contribution in [0.25, 0.3) is 0 Å². The summed E-state index contributed by atoms with van der Waals surface area (Å²) in [6, 6.07) is 6.19. The largest absolute Gasteiger partial charge is 0.492 e. The third-order valence-corrected chi connectivity index (χ3v) is 4.85.